The quantitative estimate of drug-likeness (QED) is 0.520. The van der Waals surface area contributed by atoms with Gasteiger partial charge in [-0.1, -0.05) is 71.8 Å². The predicted molar refractivity (Wildman–Crippen MR) is 100 cm³/mol. The summed E-state index contributed by atoms with van der Waals surface area (Å²) in [4.78, 5) is 0. The predicted octanol–water partition coefficient (Wildman–Crippen LogP) is 6.01. The molecule has 0 spiro atoms. The Balaban J connectivity index is 2.01. The van der Waals surface area contributed by atoms with Crippen LogP contribution in [0.4, 0.5) is 0 Å². The SMILES string of the molecule is Cc1cc(C)cc(-c2cccc(-c3ccc(CP)cc3)c2)c1. The largest absolute Gasteiger partial charge is 0.133 e. The lowest BCUT2D eigenvalue weighted by Crippen LogP contribution is -1.85. The highest BCUT2D eigenvalue weighted by molar-refractivity contribution is 7.15. The molecule has 0 saturated heterocycles. The summed E-state index contributed by atoms with van der Waals surface area (Å²) in [6.45, 7) is 4.31. The molecule has 0 aliphatic rings. The first-order valence-corrected chi connectivity index (χ1v) is 8.45. The third-order valence-corrected chi connectivity index (χ3v) is 4.41. The van der Waals surface area contributed by atoms with E-state index in [-0.39, 0.29) is 0 Å². The summed E-state index contributed by atoms with van der Waals surface area (Å²) in [5, 5.41) is 0. The van der Waals surface area contributed by atoms with Gasteiger partial charge in [0.2, 0.25) is 0 Å². The summed E-state index contributed by atoms with van der Waals surface area (Å²) in [6, 6.07) is 24.3. The minimum atomic E-state index is 1.00. The molecule has 22 heavy (non-hydrogen) atoms. The van der Waals surface area contributed by atoms with Crippen molar-refractivity contribution in [1.29, 1.82) is 0 Å². The van der Waals surface area contributed by atoms with Gasteiger partial charge in [0.05, 0.1) is 0 Å². The fourth-order valence-corrected chi connectivity index (χ4v) is 3.13. The molecule has 0 radical (unpaired) electrons. The Labute approximate surface area is 135 Å². The molecule has 3 rings (SSSR count). The minimum Gasteiger partial charge on any atom is -0.133 e. The zero-order valence-corrected chi connectivity index (χ0v) is 14.3. The number of rotatable bonds is 3. The minimum absolute atomic E-state index is 1.00. The normalized spacial score (nSPS) is 10.7. The van der Waals surface area contributed by atoms with Crippen molar-refractivity contribution in [3.63, 3.8) is 0 Å². The van der Waals surface area contributed by atoms with Crippen LogP contribution in [0.2, 0.25) is 0 Å². The molecular weight excluding hydrogens is 283 g/mol. The maximum Gasteiger partial charge on any atom is -0.0128 e. The Kier molecular flexibility index (Phi) is 4.41. The van der Waals surface area contributed by atoms with Gasteiger partial charge in [0.15, 0.2) is 0 Å². The molecule has 0 nitrogen and oxygen atoms in total. The van der Waals surface area contributed by atoms with Gasteiger partial charge in [0.25, 0.3) is 0 Å². The molecule has 3 aromatic rings. The van der Waals surface area contributed by atoms with Crippen molar-refractivity contribution in [2.75, 3.05) is 0 Å². The molecule has 0 fully saturated rings. The van der Waals surface area contributed by atoms with E-state index in [1.807, 2.05) is 0 Å². The maximum atomic E-state index is 2.77. The average Bonchev–Trinajstić information content (AvgIpc) is 2.54. The summed E-state index contributed by atoms with van der Waals surface area (Å²) in [5.74, 6) is 0. The lowest BCUT2D eigenvalue weighted by atomic mass is 9.96. The van der Waals surface area contributed by atoms with Gasteiger partial charge in [-0.2, -0.15) is 0 Å². The topological polar surface area (TPSA) is 0 Å². The number of hydrogen-bond acceptors (Lipinski definition) is 0. The number of aryl methyl sites for hydroxylation is 2. The van der Waals surface area contributed by atoms with Crippen molar-refractivity contribution < 1.29 is 0 Å². The Hall–Kier alpha value is -1.91. The Morgan fingerprint density at radius 1 is 0.636 bits per heavy atom. The molecule has 0 aromatic heterocycles. The average molecular weight is 304 g/mol. The Morgan fingerprint density at radius 2 is 1.23 bits per heavy atom. The summed E-state index contributed by atoms with van der Waals surface area (Å²) in [5.41, 5.74) is 9.08. The van der Waals surface area contributed by atoms with E-state index in [9.17, 15) is 0 Å². The van der Waals surface area contributed by atoms with Crippen molar-refractivity contribution in [3.8, 4) is 22.3 Å². The molecule has 1 atom stereocenters. The van der Waals surface area contributed by atoms with E-state index in [1.165, 1.54) is 38.9 Å². The summed E-state index contributed by atoms with van der Waals surface area (Å²) in [6.07, 6.45) is 1.00. The fraction of sp³-hybridized carbons (Fsp3) is 0.143. The maximum absolute atomic E-state index is 2.77. The highest BCUT2D eigenvalue weighted by Crippen LogP contribution is 2.28. The van der Waals surface area contributed by atoms with Gasteiger partial charge < -0.3 is 0 Å². The third-order valence-electron chi connectivity index (χ3n) is 3.94. The molecule has 0 aliphatic heterocycles. The first-order valence-electron chi connectivity index (χ1n) is 7.64. The van der Waals surface area contributed by atoms with Crippen molar-refractivity contribution in [1.82, 2.24) is 0 Å². The molecule has 0 N–H and O–H groups in total. The first kappa shape index (κ1) is 15.0. The van der Waals surface area contributed by atoms with E-state index in [0.29, 0.717) is 0 Å². The zero-order chi connectivity index (χ0) is 15.5. The van der Waals surface area contributed by atoms with Crippen LogP contribution in [0.15, 0.2) is 66.7 Å². The van der Waals surface area contributed by atoms with Crippen molar-refractivity contribution in [2.45, 2.75) is 20.0 Å². The van der Waals surface area contributed by atoms with Gasteiger partial charge in [0.1, 0.15) is 0 Å². The van der Waals surface area contributed by atoms with Crippen molar-refractivity contribution >= 4 is 9.24 Å². The molecule has 0 saturated carbocycles. The number of hydrogen-bond donors (Lipinski definition) is 0. The van der Waals surface area contributed by atoms with Crippen LogP contribution in [0.5, 0.6) is 0 Å². The summed E-state index contributed by atoms with van der Waals surface area (Å²) >= 11 is 0. The van der Waals surface area contributed by atoms with Crippen LogP contribution < -0.4 is 0 Å². The molecule has 110 valence electrons. The lowest BCUT2D eigenvalue weighted by Gasteiger charge is -2.09. The zero-order valence-electron chi connectivity index (χ0n) is 13.1. The highest BCUT2D eigenvalue weighted by atomic mass is 31.0. The standard InChI is InChI=1S/C21H21P/c1-15-10-16(2)12-21(11-15)20-5-3-4-19(13-20)18-8-6-17(14-22)7-9-18/h3-13H,14,22H2,1-2H3. The van der Waals surface area contributed by atoms with Crippen LogP contribution >= 0.6 is 9.24 Å². The fourth-order valence-electron chi connectivity index (χ4n) is 2.85. The van der Waals surface area contributed by atoms with Crippen LogP contribution in [0.1, 0.15) is 16.7 Å². The molecule has 0 aliphatic carbocycles. The second kappa shape index (κ2) is 6.46. The van der Waals surface area contributed by atoms with Gasteiger partial charge in [0, 0.05) is 0 Å². The molecule has 0 amide bonds. The van der Waals surface area contributed by atoms with Crippen molar-refractivity contribution in [3.05, 3.63) is 83.4 Å². The van der Waals surface area contributed by atoms with Gasteiger partial charge in [-0.05, 0) is 53.9 Å². The molecule has 3 aromatic carbocycles. The lowest BCUT2D eigenvalue weighted by molar-refractivity contribution is 1.38. The third kappa shape index (κ3) is 3.29. The second-order valence-electron chi connectivity index (χ2n) is 5.86. The van der Waals surface area contributed by atoms with Crippen molar-refractivity contribution in [2.24, 2.45) is 0 Å². The molecular formula is C21H21P. The molecule has 1 unspecified atom stereocenters. The van der Waals surface area contributed by atoms with Crippen LogP contribution in [-0.2, 0) is 6.16 Å². The van der Waals surface area contributed by atoms with Crippen LogP contribution in [0.3, 0.4) is 0 Å². The van der Waals surface area contributed by atoms with Gasteiger partial charge in [-0.25, -0.2) is 0 Å². The van der Waals surface area contributed by atoms with Gasteiger partial charge >= 0.3 is 0 Å². The van der Waals surface area contributed by atoms with Crippen LogP contribution in [0.25, 0.3) is 22.3 Å². The van der Waals surface area contributed by atoms with E-state index in [0.717, 1.165) is 6.16 Å². The molecule has 0 heterocycles. The smallest absolute Gasteiger partial charge is 0.0128 e. The van der Waals surface area contributed by atoms with E-state index in [2.05, 4.69) is 89.8 Å². The Morgan fingerprint density at radius 3 is 1.82 bits per heavy atom. The van der Waals surface area contributed by atoms with Gasteiger partial charge in [-0.3, -0.25) is 0 Å². The molecule has 1 heteroatoms. The highest BCUT2D eigenvalue weighted by Gasteiger charge is 2.03. The second-order valence-corrected chi connectivity index (χ2v) is 6.27. The summed E-state index contributed by atoms with van der Waals surface area (Å²) in [7, 11) is 2.77. The summed E-state index contributed by atoms with van der Waals surface area (Å²) < 4.78 is 0. The van der Waals surface area contributed by atoms with Gasteiger partial charge in [-0.15, -0.1) is 9.24 Å². The Bertz CT molecular complexity index is 765. The molecule has 0 bridgehead atoms. The van der Waals surface area contributed by atoms with Crippen LogP contribution in [-0.4, -0.2) is 0 Å². The van der Waals surface area contributed by atoms with E-state index in [1.54, 1.807) is 0 Å². The number of benzene rings is 3. The monoisotopic (exact) mass is 304 g/mol. The first-order chi connectivity index (χ1) is 10.7. The van der Waals surface area contributed by atoms with E-state index >= 15 is 0 Å². The van der Waals surface area contributed by atoms with E-state index in [4.69, 9.17) is 0 Å². The van der Waals surface area contributed by atoms with E-state index < -0.39 is 0 Å². The van der Waals surface area contributed by atoms with Crippen LogP contribution in [0, 0.1) is 13.8 Å².